The second kappa shape index (κ2) is 2.71. The van der Waals surface area contributed by atoms with E-state index in [0.29, 0.717) is 6.42 Å². The van der Waals surface area contributed by atoms with E-state index in [2.05, 4.69) is 0 Å². The number of carbonyl (C=O) groups excluding carboxylic acids is 1. The average Bonchev–Trinajstić information content (AvgIpc) is 2.25. The van der Waals surface area contributed by atoms with Gasteiger partial charge in [-0.1, -0.05) is 6.92 Å². The van der Waals surface area contributed by atoms with Gasteiger partial charge in [-0.3, -0.25) is 4.79 Å². The molecule has 4 heteroatoms. The highest BCUT2D eigenvalue weighted by Crippen LogP contribution is 2.50. The van der Waals surface area contributed by atoms with Crippen molar-refractivity contribution in [1.29, 1.82) is 5.26 Å². The van der Waals surface area contributed by atoms with Crippen LogP contribution in [-0.2, 0) is 9.53 Å². The van der Waals surface area contributed by atoms with Crippen molar-refractivity contribution in [3.63, 3.8) is 0 Å². The molecular formula is C10H15NO3. The van der Waals surface area contributed by atoms with Crippen LogP contribution in [0.25, 0.3) is 0 Å². The lowest BCUT2D eigenvalue weighted by Gasteiger charge is -2.37. The van der Waals surface area contributed by atoms with Crippen LogP contribution in [0, 0.1) is 16.7 Å². The quantitative estimate of drug-likeness (QED) is 0.636. The largest absolute Gasteiger partial charge is 0.455 e. The summed E-state index contributed by atoms with van der Waals surface area (Å²) in [5.41, 5.74) is -3.90. The Kier molecular flexibility index (Phi) is 2.13. The average molecular weight is 197 g/mol. The minimum absolute atomic E-state index is 0.301. The molecule has 0 radical (unpaired) electrons. The summed E-state index contributed by atoms with van der Waals surface area (Å²) in [7, 11) is 0. The molecule has 2 atom stereocenters. The summed E-state index contributed by atoms with van der Waals surface area (Å²) in [6.45, 7) is 6.40. The van der Waals surface area contributed by atoms with Crippen LogP contribution in [0.2, 0.25) is 0 Å². The molecule has 2 unspecified atom stereocenters. The predicted molar refractivity (Wildman–Crippen MR) is 49.1 cm³/mol. The molecule has 0 aromatic rings. The summed E-state index contributed by atoms with van der Waals surface area (Å²) in [5.74, 6) is -0.644. The second-order valence-corrected chi connectivity index (χ2v) is 4.35. The van der Waals surface area contributed by atoms with E-state index in [0.717, 1.165) is 0 Å². The van der Waals surface area contributed by atoms with E-state index in [-0.39, 0.29) is 0 Å². The molecule has 0 saturated carbocycles. The fourth-order valence-electron chi connectivity index (χ4n) is 2.11. The number of nitriles is 1. The van der Waals surface area contributed by atoms with Crippen LogP contribution in [0.15, 0.2) is 0 Å². The molecule has 0 bridgehead atoms. The molecule has 1 N–H and O–H groups in total. The summed E-state index contributed by atoms with van der Waals surface area (Å²) >= 11 is 0. The Labute approximate surface area is 83.5 Å². The summed E-state index contributed by atoms with van der Waals surface area (Å²) in [6.07, 6.45) is 0.301. The van der Waals surface area contributed by atoms with Gasteiger partial charge in [0, 0.05) is 0 Å². The SMILES string of the molecule is CCC1(O)C(C)(C)OC(=O)C1(C)C#N. The molecule has 1 rings (SSSR count). The Hall–Kier alpha value is -1.08. The van der Waals surface area contributed by atoms with Gasteiger partial charge in [0.15, 0.2) is 5.41 Å². The van der Waals surface area contributed by atoms with Crippen LogP contribution in [-0.4, -0.2) is 22.3 Å². The third kappa shape index (κ3) is 0.934. The highest BCUT2D eigenvalue weighted by molar-refractivity contribution is 5.84. The maximum absolute atomic E-state index is 11.5. The first-order valence-electron chi connectivity index (χ1n) is 4.62. The Morgan fingerprint density at radius 3 is 2.29 bits per heavy atom. The smallest absolute Gasteiger partial charge is 0.330 e. The van der Waals surface area contributed by atoms with Crippen LogP contribution >= 0.6 is 0 Å². The molecule has 1 saturated heterocycles. The first kappa shape index (κ1) is 11.0. The van der Waals surface area contributed by atoms with Crippen LogP contribution < -0.4 is 0 Å². The van der Waals surface area contributed by atoms with Crippen LogP contribution in [0.4, 0.5) is 0 Å². The van der Waals surface area contributed by atoms with Crippen LogP contribution in [0.3, 0.4) is 0 Å². The van der Waals surface area contributed by atoms with Crippen LogP contribution in [0.1, 0.15) is 34.1 Å². The summed E-state index contributed by atoms with van der Waals surface area (Å²) in [5, 5.41) is 19.3. The molecule has 14 heavy (non-hydrogen) atoms. The van der Waals surface area contributed by atoms with Crippen molar-refractivity contribution < 1.29 is 14.6 Å². The normalized spacial score (nSPS) is 40.4. The second-order valence-electron chi connectivity index (χ2n) is 4.35. The fourth-order valence-corrected chi connectivity index (χ4v) is 2.11. The third-order valence-corrected chi connectivity index (χ3v) is 3.31. The van der Waals surface area contributed by atoms with Crippen molar-refractivity contribution in [2.24, 2.45) is 5.41 Å². The van der Waals surface area contributed by atoms with Crippen molar-refractivity contribution >= 4 is 5.97 Å². The maximum Gasteiger partial charge on any atom is 0.330 e. The summed E-state index contributed by atoms with van der Waals surface area (Å²) in [4.78, 5) is 11.5. The predicted octanol–water partition coefficient (Wildman–Crippen LogP) is 0.993. The Morgan fingerprint density at radius 1 is 1.50 bits per heavy atom. The molecule has 1 aliphatic heterocycles. The number of ether oxygens (including phenoxy) is 1. The highest BCUT2D eigenvalue weighted by atomic mass is 16.6. The molecule has 0 aromatic carbocycles. The molecule has 1 heterocycles. The van der Waals surface area contributed by atoms with E-state index >= 15 is 0 Å². The Morgan fingerprint density at radius 2 is 2.00 bits per heavy atom. The van der Waals surface area contributed by atoms with Gasteiger partial charge in [0.25, 0.3) is 0 Å². The lowest BCUT2D eigenvalue weighted by molar-refractivity contribution is -0.152. The van der Waals surface area contributed by atoms with Gasteiger partial charge in [-0.2, -0.15) is 5.26 Å². The number of esters is 1. The van der Waals surface area contributed by atoms with Gasteiger partial charge in [-0.05, 0) is 27.2 Å². The molecule has 1 fully saturated rings. The fraction of sp³-hybridized carbons (Fsp3) is 0.800. The Bertz CT molecular complexity index is 318. The number of cyclic esters (lactones) is 1. The van der Waals surface area contributed by atoms with E-state index in [1.807, 2.05) is 6.07 Å². The number of rotatable bonds is 1. The van der Waals surface area contributed by atoms with E-state index < -0.39 is 22.6 Å². The van der Waals surface area contributed by atoms with Gasteiger partial charge in [0.1, 0.15) is 11.2 Å². The van der Waals surface area contributed by atoms with Crippen molar-refractivity contribution in [2.45, 2.75) is 45.3 Å². The Balaban J connectivity index is 3.35. The minimum Gasteiger partial charge on any atom is -0.455 e. The molecule has 4 nitrogen and oxygen atoms in total. The zero-order valence-electron chi connectivity index (χ0n) is 8.92. The van der Waals surface area contributed by atoms with Crippen molar-refractivity contribution in [3.05, 3.63) is 0 Å². The molecule has 1 aliphatic rings. The van der Waals surface area contributed by atoms with Gasteiger partial charge in [0.2, 0.25) is 0 Å². The minimum atomic E-state index is -1.47. The maximum atomic E-state index is 11.5. The first-order chi connectivity index (χ1) is 6.25. The molecule has 0 aliphatic carbocycles. The zero-order chi connectivity index (χ0) is 11.2. The lowest BCUT2D eigenvalue weighted by Crippen LogP contribution is -2.54. The van der Waals surface area contributed by atoms with Crippen LogP contribution in [0.5, 0.6) is 0 Å². The van der Waals surface area contributed by atoms with Gasteiger partial charge in [-0.25, -0.2) is 0 Å². The summed E-state index contributed by atoms with van der Waals surface area (Å²) in [6, 6.07) is 1.86. The van der Waals surface area contributed by atoms with Gasteiger partial charge < -0.3 is 9.84 Å². The van der Waals surface area contributed by atoms with Gasteiger partial charge in [0.05, 0.1) is 6.07 Å². The summed E-state index contributed by atoms with van der Waals surface area (Å²) < 4.78 is 5.05. The van der Waals surface area contributed by atoms with Crippen molar-refractivity contribution in [2.75, 3.05) is 0 Å². The highest BCUT2D eigenvalue weighted by Gasteiger charge is 2.68. The van der Waals surface area contributed by atoms with E-state index in [4.69, 9.17) is 10.00 Å². The zero-order valence-corrected chi connectivity index (χ0v) is 8.92. The molecule has 0 amide bonds. The topological polar surface area (TPSA) is 70.3 Å². The molecule has 78 valence electrons. The first-order valence-corrected chi connectivity index (χ1v) is 4.62. The molecule has 0 spiro atoms. The lowest BCUT2D eigenvalue weighted by atomic mass is 9.67. The number of carbonyl (C=O) groups is 1. The van der Waals surface area contributed by atoms with E-state index in [1.165, 1.54) is 6.92 Å². The van der Waals surface area contributed by atoms with Gasteiger partial charge in [-0.15, -0.1) is 0 Å². The number of hydrogen-bond acceptors (Lipinski definition) is 4. The van der Waals surface area contributed by atoms with Crippen molar-refractivity contribution in [1.82, 2.24) is 0 Å². The van der Waals surface area contributed by atoms with Crippen molar-refractivity contribution in [3.8, 4) is 6.07 Å². The number of aliphatic hydroxyl groups is 1. The standard InChI is InChI=1S/C10H15NO3/c1-5-10(13)8(2,3)14-7(12)9(10,4)6-11/h13H,5H2,1-4H3. The van der Waals surface area contributed by atoms with E-state index in [9.17, 15) is 9.90 Å². The monoisotopic (exact) mass is 197 g/mol. The number of hydrogen-bond donors (Lipinski definition) is 1. The molecule has 0 aromatic heterocycles. The van der Waals surface area contributed by atoms with E-state index in [1.54, 1.807) is 20.8 Å². The number of nitrogens with zero attached hydrogens (tertiary/aromatic N) is 1. The third-order valence-electron chi connectivity index (χ3n) is 3.31. The molecular weight excluding hydrogens is 182 g/mol. The van der Waals surface area contributed by atoms with Gasteiger partial charge >= 0.3 is 5.97 Å².